The zero-order valence-electron chi connectivity index (χ0n) is 13.2. The maximum absolute atomic E-state index is 6.39. The lowest BCUT2D eigenvalue weighted by Gasteiger charge is -2.26. The monoisotopic (exact) mass is 327 g/mol. The Labute approximate surface area is 146 Å². The molecule has 24 heavy (non-hydrogen) atoms. The van der Waals surface area contributed by atoms with Crippen LogP contribution in [0.3, 0.4) is 0 Å². The molecular weight excluding hydrogens is 310 g/mol. The maximum atomic E-state index is 6.39. The highest BCUT2D eigenvalue weighted by Crippen LogP contribution is 2.75. The zero-order chi connectivity index (χ0) is 15.9. The lowest BCUT2D eigenvalue weighted by Crippen LogP contribution is -2.18. The Morgan fingerprint density at radius 2 is 1.88 bits per heavy atom. The van der Waals surface area contributed by atoms with Crippen molar-refractivity contribution in [3.8, 4) is 0 Å². The first kappa shape index (κ1) is 13.1. The number of benzene rings is 2. The van der Waals surface area contributed by atoms with Gasteiger partial charge in [0.2, 0.25) is 0 Å². The minimum Gasteiger partial charge on any atom is -0.398 e. The van der Waals surface area contributed by atoms with Gasteiger partial charge in [0.1, 0.15) is 0 Å². The van der Waals surface area contributed by atoms with Crippen LogP contribution in [0.25, 0.3) is 18.2 Å². The van der Waals surface area contributed by atoms with Crippen molar-refractivity contribution in [2.75, 3.05) is 5.73 Å². The Hall–Kier alpha value is -2.19. The van der Waals surface area contributed by atoms with Crippen LogP contribution in [0.2, 0.25) is 0 Å². The van der Waals surface area contributed by atoms with E-state index in [1.54, 1.807) is 0 Å². The normalized spacial score (nSPS) is 30.0. The lowest BCUT2D eigenvalue weighted by atomic mass is 9.77. The van der Waals surface area contributed by atoms with E-state index in [9.17, 15) is 0 Å². The first-order valence-electron chi connectivity index (χ1n) is 8.56. The zero-order valence-corrected chi connectivity index (χ0v) is 14.0. The number of allylic oxidation sites excluding steroid dienone is 3. The molecule has 116 valence electrons. The molecule has 1 saturated carbocycles. The molecule has 0 amide bonds. The second kappa shape index (κ2) is 4.25. The molecule has 1 fully saturated rings. The molecule has 3 unspecified atom stereocenters. The summed E-state index contributed by atoms with van der Waals surface area (Å²) in [7, 11) is 0. The Morgan fingerprint density at radius 3 is 2.79 bits per heavy atom. The van der Waals surface area contributed by atoms with Gasteiger partial charge >= 0.3 is 0 Å². The van der Waals surface area contributed by atoms with Gasteiger partial charge in [-0.05, 0) is 34.7 Å². The van der Waals surface area contributed by atoms with Gasteiger partial charge in [0.15, 0.2) is 0 Å². The van der Waals surface area contributed by atoms with Gasteiger partial charge in [0, 0.05) is 32.7 Å². The van der Waals surface area contributed by atoms with Crippen molar-refractivity contribution in [2.24, 2.45) is 5.92 Å². The summed E-state index contributed by atoms with van der Waals surface area (Å²) in [5, 5.41) is 0.624. The molecule has 1 nitrogen and oxygen atoms in total. The van der Waals surface area contributed by atoms with Crippen LogP contribution < -0.4 is 5.73 Å². The number of nitrogens with two attached hydrogens (primary N) is 1. The summed E-state index contributed by atoms with van der Waals surface area (Å²) < 4.78 is 0. The number of nitrogen functional groups attached to an aromatic ring is 1. The van der Waals surface area contributed by atoms with E-state index in [4.69, 9.17) is 5.73 Å². The summed E-state index contributed by atoms with van der Waals surface area (Å²) in [5.41, 5.74) is 14.4. The van der Waals surface area contributed by atoms with Crippen molar-refractivity contribution < 1.29 is 0 Å². The van der Waals surface area contributed by atoms with Gasteiger partial charge in [0.25, 0.3) is 0 Å². The van der Waals surface area contributed by atoms with Crippen molar-refractivity contribution in [3.63, 3.8) is 0 Å². The number of thioether (sulfide) groups is 1. The highest BCUT2D eigenvalue weighted by Gasteiger charge is 2.71. The minimum atomic E-state index is 0.158. The Morgan fingerprint density at radius 1 is 1.04 bits per heavy atom. The van der Waals surface area contributed by atoms with E-state index in [0.29, 0.717) is 11.2 Å². The predicted molar refractivity (Wildman–Crippen MR) is 103 cm³/mol. The van der Waals surface area contributed by atoms with Crippen LogP contribution in [0, 0.1) is 5.92 Å². The van der Waals surface area contributed by atoms with E-state index in [1.807, 2.05) is 11.8 Å². The third-order valence-corrected chi connectivity index (χ3v) is 7.49. The van der Waals surface area contributed by atoms with Gasteiger partial charge < -0.3 is 5.73 Å². The first-order chi connectivity index (χ1) is 11.8. The van der Waals surface area contributed by atoms with E-state index in [2.05, 4.69) is 66.8 Å². The van der Waals surface area contributed by atoms with Gasteiger partial charge in [-0.2, -0.15) is 0 Å². The standard InChI is InChI=1S/C22H17NS/c23-18-12-19-20(15-8-3-1-2-7-14(15)18)22-16-9-5-4-6-13(16)10-11-17(22)21(22)24-19/h2-12,17,21H,1,23H2. The molecule has 4 aliphatic rings. The largest absolute Gasteiger partial charge is 0.398 e. The maximum Gasteiger partial charge on any atom is 0.0427 e. The van der Waals surface area contributed by atoms with Crippen LogP contribution in [-0.4, -0.2) is 5.25 Å². The highest BCUT2D eigenvalue weighted by atomic mass is 32.2. The second-order valence-corrected chi connectivity index (χ2v) is 8.27. The van der Waals surface area contributed by atoms with Crippen LogP contribution in [0.15, 0.2) is 53.5 Å². The van der Waals surface area contributed by atoms with E-state index in [1.165, 1.54) is 32.7 Å². The van der Waals surface area contributed by atoms with Crippen molar-refractivity contribution in [3.05, 3.63) is 76.4 Å². The molecule has 0 radical (unpaired) electrons. The topological polar surface area (TPSA) is 26.0 Å². The van der Waals surface area contributed by atoms with E-state index < -0.39 is 0 Å². The fourth-order valence-electron chi connectivity index (χ4n) is 4.98. The van der Waals surface area contributed by atoms with E-state index >= 15 is 0 Å². The molecule has 2 N–H and O–H groups in total. The molecule has 3 aliphatic carbocycles. The number of anilines is 1. The van der Waals surface area contributed by atoms with Gasteiger partial charge in [-0.15, -0.1) is 11.8 Å². The molecule has 3 atom stereocenters. The third kappa shape index (κ3) is 1.36. The summed E-state index contributed by atoms with van der Waals surface area (Å²) in [6.45, 7) is 0. The highest BCUT2D eigenvalue weighted by molar-refractivity contribution is 8.00. The van der Waals surface area contributed by atoms with Crippen molar-refractivity contribution in [1.82, 2.24) is 0 Å². The summed E-state index contributed by atoms with van der Waals surface area (Å²) in [6, 6.07) is 11.1. The van der Waals surface area contributed by atoms with Crippen LogP contribution in [-0.2, 0) is 5.41 Å². The lowest BCUT2D eigenvalue weighted by molar-refractivity contribution is 0.768. The molecule has 1 spiro atoms. The Balaban J connectivity index is 1.71. The summed E-state index contributed by atoms with van der Waals surface area (Å²) in [4.78, 5) is 1.39. The van der Waals surface area contributed by atoms with Gasteiger partial charge in [-0.25, -0.2) is 0 Å². The fourth-order valence-corrected chi connectivity index (χ4v) is 6.81. The molecule has 2 aromatic rings. The van der Waals surface area contributed by atoms with Crippen LogP contribution >= 0.6 is 11.8 Å². The van der Waals surface area contributed by atoms with Gasteiger partial charge in [-0.3, -0.25) is 0 Å². The number of rotatable bonds is 0. The summed E-state index contributed by atoms with van der Waals surface area (Å²) >= 11 is 2.03. The number of fused-ring (bicyclic) bond motifs is 5. The smallest absolute Gasteiger partial charge is 0.0427 e. The second-order valence-electron chi connectivity index (χ2n) is 7.09. The van der Waals surface area contributed by atoms with Crippen LogP contribution in [0.4, 0.5) is 5.69 Å². The Kier molecular flexibility index (Phi) is 2.33. The van der Waals surface area contributed by atoms with Gasteiger partial charge in [-0.1, -0.05) is 60.7 Å². The van der Waals surface area contributed by atoms with Crippen molar-refractivity contribution in [2.45, 2.75) is 22.0 Å². The Bertz CT molecular complexity index is 997. The summed E-state index contributed by atoms with van der Waals surface area (Å²) in [5.74, 6) is 0.623. The number of hydrogen-bond acceptors (Lipinski definition) is 2. The van der Waals surface area contributed by atoms with Gasteiger partial charge in [0.05, 0.1) is 0 Å². The molecule has 2 aromatic carbocycles. The fraction of sp³-hybridized carbons (Fsp3) is 0.182. The molecule has 0 bridgehead atoms. The molecular formula is C22H17NS. The molecule has 1 heterocycles. The number of hydrogen-bond donors (Lipinski definition) is 1. The molecule has 6 rings (SSSR count). The van der Waals surface area contributed by atoms with E-state index in [0.717, 1.165) is 12.1 Å². The first-order valence-corrected chi connectivity index (χ1v) is 9.44. The average molecular weight is 327 g/mol. The SMILES string of the molecule is Nc1cc2c(c3c1C=CCC=C3)C13c4ccccc4C=CC1C3S2. The quantitative estimate of drug-likeness (QED) is 0.680. The van der Waals surface area contributed by atoms with Crippen molar-refractivity contribution in [1.29, 1.82) is 0 Å². The van der Waals surface area contributed by atoms with Crippen LogP contribution in [0.1, 0.15) is 34.2 Å². The van der Waals surface area contributed by atoms with E-state index in [-0.39, 0.29) is 5.41 Å². The van der Waals surface area contributed by atoms with Crippen molar-refractivity contribution >= 4 is 35.7 Å². The minimum absolute atomic E-state index is 0.158. The van der Waals surface area contributed by atoms with Crippen LogP contribution in [0.5, 0.6) is 0 Å². The molecule has 1 aliphatic heterocycles. The summed E-state index contributed by atoms with van der Waals surface area (Å²) in [6.07, 6.45) is 14.7. The third-order valence-electron chi connectivity index (χ3n) is 5.99. The molecule has 2 heteroatoms. The average Bonchev–Trinajstić information content (AvgIpc) is 3.22. The molecule has 0 saturated heterocycles. The predicted octanol–water partition coefficient (Wildman–Crippen LogP) is 5.12. The molecule has 0 aromatic heterocycles.